The van der Waals surface area contributed by atoms with Gasteiger partial charge in [-0.05, 0) is 48.9 Å². The number of halogens is 1. The molecule has 9 heteroatoms. The summed E-state index contributed by atoms with van der Waals surface area (Å²) >= 11 is 0. The van der Waals surface area contributed by atoms with Crippen LogP contribution in [0.1, 0.15) is 18.5 Å². The Hall–Kier alpha value is -3.62. The molecule has 150 valence electrons. The van der Waals surface area contributed by atoms with Crippen LogP contribution in [0.15, 0.2) is 51.7 Å². The summed E-state index contributed by atoms with van der Waals surface area (Å²) in [5.74, 6) is -0.280. The number of carbonyl (C=O) groups is 1. The van der Waals surface area contributed by atoms with Crippen molar-refractivity contribution in [3.05, 3.63) is 64.4 Å². The maximum absolute atomic E-state index is 13.0. The van der Waals surface area contributed by atoms with E-state index in [-0.39, 0.29) is 18.5 Å². The second-order valence-corrected chi connectivity index (χ2v) is 6.53. The van der Waals surface area contributed by atoms with E-state index in [1.807, 2.05) is 19.1 Å². The number of nitrogens with one attached hydrogen (secondary N) is 1. The number of ether oxygens (including phenoxy) is 2. The summed E-state index contributed by atoms with van der Waals surface area (Å²) < 4.78 is 30.0. The molecule has 1 aromatic heterocycles. The van der Waals surface area contributed by atoms with Crippen LogP contribution in [-0.2, 0) is 11.3 Å². The number of amides is 1. The first kappa shape index (κ1) is 18.7. The fraction of sp³-hybridized carbons (Fsp3) is 0.250. The molecule has 0 spiro atoms. The molecule has 1 aliphatic rings. The van der Waals surface area contributed by atoms with Crippen LogP contribution in [0.3, 0.4) is 0 Å². The Kier molecular flexibility index (Phi) is 5.03. The van der Waals surface area contributed by atoms with E-state index in [1.54, 1.807) is 6.07 Å². The summed E-state index contributed by atoms with van der Waals surface area (Å²) in [6.07, 6.45) is 0. The number of hydrogen-bond acceptors (Lipinski definition) is 6. The van der Waals surface area contributed by atoms with Gasteiger partial charge in [-0.2, -0.15) is 4.68 Å². The summed E-state index contributed by atoms with van der Waals surface area (Å²) in [5.41, 5.74) is 1.27. The first-order valence-corrected chi connectivity index (χ1v) is 9.02. The Bertz CT molecular complexity index is 1090. The average Bonchev–Trinajstić information content (AvgIpc) is 3.08. The van der Waals surface area contributed by atoms with E-state index in [0.29, 0.717) is 30.3 Å². The minimum absolute atomic E-state index is 0.0164. The van der Waals surface area contributed by atoms with Gasteiger partial charge in [0.15, 0.2) is 11.5 Å². The minimum atomic E-state index is -0.772. The molecule has 0 saturated carbocycles. The van der Waals surface area contributed by atoms with Crippen molar-refractivity contribution in [2.24, 2.45) is 0 Å². The van der Waals surface area contributed by atoms with E-state index >= 15 is 0 Å². The van der Waals surface area contributed by atoms with Crippen LogP contribution in [0.2, 0.25) is 0 Å². The Balaban J connectivity index is 1.43. The van der Waals surface area contributed by atoms with Gasteiger partial charge in [0.05, 0.1) is 6.04 Å². The fourth-order valence-electron chi connectivity index (χ4n) is 2.95. The lowest BCUT2D eigenvalue weighted by Crippen LogP contribution is -2.33. The lowest BCUT2D eigenvalue weighted by atomic mass is 10.1. The molecule has 2 aromatic carbocycles. The summed E-state index contributed by atoms with van der Waals surface area (Å²) in [6, 6.07) is 10.5. The summed E-state index contributed by atoms with van der Waals surface area (Å²) in [7, 11) is 0. The molecule has 3 aromatic rings. The van der Waals surface area contributed by atoms with Gasteiger partial charge in [-0.3, -0.25) is 4.79 Å². The largest absolute Gasteiger partial charge is 0.486 e. The minimum Gasteiger partial charge on any atom is -0.486 e. The number of benzene rings is 2. The van der Waals surface area contributed by atoms with E-state index < -0.39 is 17.5 Å². The van der Waals surface area contributed by atoms with E-state index in [4.69, 9.17) is 13.9 Å². The predicted molar refractivity (Wildman–Crippen MR) is 100 cm³/mol. The standard InChI is InChI=1S/C20H18FN3O5/c1-12(14-4-7-16-17(10-14)28-9-8-27-16)22-18(25)11-24-20(26)29-19(23-24)13-2-5-15(21)6-3-13/h2-7,10,12H,8-9,11H2,1H3,(H,22,25). The fourth-order valence-corrected chi connectivity index (χ4v) is 2.95. The number of hydrogen-bond donors (Lipinski definition) is 1. The van der Waals surface area contributed by atoms with Crippen LogP contribution in [0.5, 0.6) is 11.5 Å². The lowest BCUT2D eigenvalue weighted by Gasteiger charge is -2.21. The lowest BCUT2D eigenvalue weighted by molar-refractivity contribution is -0.122. The van der Waals surface area contributed by atoms with Crippen molar-refractivity contribution in [1.82, 2.24) is 15.1 Å². The third kappa shape index (κ3) is 4.13. The molecule has 8 nitrogen and oxygen atoms in total. The summed E-state index contributed by atoms with van der Waals surface area (Å²) in [4.78, 5) is 24.4. The summed E-state index contributed by atoms with van der Waals surface area (Å²) in [5, 5.41) is 6.81. The van der Waals surface area contributed by atoms with Crippen LogP contribution in [0, 0.1) is 5.82 Å². The average molecular weight is 399 g/mol. The van der Waals surface area contributed by atoms with E-state index in [0.717, 1.165) is 10.2 Å². The topological polar surface area (TPSA) is 95.6 Å². The highest BCUT2D eigenvalue weighted by Crippen LogP contribution is 2.32. The van der Waals surface area contributed by atoms with Gasteiger partial charge in [0.1, 0.15) is 25.6 Å². The quantitative estimate of drug-likeness (QED) is 0.707. The zero-order chi connectivity index (χ0) is 20.4. The van der Waals surface area contributed by atoms with Crippen molar-refractivity contribution in [1.29, 1.82) is 0 Å². The van der Waals surface area contributed by atoms with Crippen LogP contribution in [0.4, 0.5) is 4.39 Å². The van der Waals surface area contributed by atoms with Gasteiger partial charge >= 0.3 is 5.76 Å². The molecule has 0 saturated heterocycles. The summed E-state index contributed by atoms with van der Waals surface area (Å²) in [6.45, 7) is 2.49. The van der Waals surface area contributed by atoms with Crippen molar-refractivity contribution in [3.63, 3.8) is 0 Å². The molecule has 0 aliphatic carbocycles. The number of rotatable bonds is 5. The van der Waals surface area contributed by atoms with Gasteiger partial charge in [0.25, 0.3) is 0 Å². The SMILES string of the molecule is CC(NC(=O)Cn1nc(-c2ccc(F)cc2)oc1=O)c1ccc2c(c1)OCCO2. The Morgan fingerprint density at radius 2 is 1.90 bits per heavy atom. The highest BCUT2D eigenvalue weighted by Gasteiger charge is 2.18. The normalized spacial score (nSPS) is 13.7. The highest BCUT2D eigenvalue weighted by molar-refractivity contribution is 5.76. The molecule has 2 heterocycles. The molecule has 29 heavy (non-hydrogen) atoms. The molecule has 1 N–H and O–H groups in total. The van der Waals surface area contributed by atoms with Gasteiger partial charge in [-0.15, -0.1) is 5.10 Å². The molecule has 1 atom stereocenters. The van der Waals surface area contributed by atoms with Gasteiger partial charge in [0.2, 0.25) is 11.8 Å². The zero-order valence-corrected chi connectivity index (χ0v) is 15.6. The van der Waals surface area contributed by atoms with Gasteiger partial charge in [0, 0.05) is 5.56 Å². The molecule has 1 amide bonds. The highest BCUT2D eigenvalue weighted by atomic mass is 19.1. The first-order chi connectivity index (χ1) is 14.0. The van der Waals surface area contributed by atoms with Crippen LogP contribution >= 0.6 is 0 Å². The van der Waals surface area contributed by atoms with E-state index in [1.165, 1.54) is 24.3 Å². The molecule has 1 aliphatic heterocycles. The van der Waals surface area contributed by atoms with Crippen LogP contribution in [0.25, 0.3) is 11.5 Å². The second kappa shape index (κ2) is 7.78. The van der Waals surface area contributed by atoms with Crippen LogP contribution < -0.4 is 20.5 Å². The number of aromatic nitrogens is 2. The molecular weight excluding hydrogens is 381 g/mol. The number of nitrogens with zero attached hydrogens (tertiary/aromatic N) is 2. The predicted octanol–water partition coefficient (Wildman–Crippen LogP) is 2.29. The van der Waals surface area contributed by atoms with E-state index in [9.17, 15) is 14.0 Å². The van der Waals surface area contributed by atoms with Crippen molar-refractivity contribution in [3.8, 4) is 23.0 Å². The molecule has 0 bridgehead atoms. The Morgan fingerprint density at radius 1 is 1.17 bits per heavy atom. The number of fused-ring (bicyclic) bond motifs is 1. The molecular formula is C20H18FN3O5. The molecule has 0 fully saturated rings. The van der Waals surface area contributed by atoms with Crippen molar-refractivity contribution >= 4 is 5.91 Å². The molecule has 0 radical (unpaired) electrons. The monoisotopic (exact) mass is 399 g/mol. The van der Waals surface area contributed by atoms with Crippen molar-refractivity contribution in [2.75, 3.05) is 13.2 Å². The van der Waals surface area contributed by atoms with Gasteiger partial charge < -0.3 is 19.2 Å². The Morgan fingerprint density at radius 3 is 2.66 bits per heavy atom. The van der Waals surface area contributed by atoms with Gasteiger partial charge in [-0.1, -0.05) is 6.07 Å². The third-order valence-corrected chi connectivity index (χ3v) is 4.43. The van der Waals surface area contributed by atoms with Crippen molar-refractivity contribution in [2.45, 2.75) is 19.5 Å². The zero-order valence-electron chi connectivity index (χ0n) is 15.6. The first-order valence-electron chi connectivity index (χ1n) is 9.02. The smallest absolute Gasteiger partial charge is 0.437 e. The van der Waals surface area contributed by atoms with Gasteiger partial charge in [-0.25, -0.2) is 9.18 Å². The van der Waals surface area contributed by atoms with Crippen LogP contribution in [-0.4, -0.2) is 28.9 Å². The second-order valence-electron chi connectivity index (χ2n) is 6.53. The third-order valence-electron chi connectivity index (χ3n) is 4.43. The maximum Gasteiger partial charge on any atom is 0.437 e. The maximum atomic E-state index is 13.0. The van der Waals surface area contributed by atoms with Crippen molar-refractivity contribution < 1.29 is 23.1 Å². The molecule has 1 unspecified atom stereocenters. The number of carbonyl (C=O) groups excluding carboxylic acids is 1. The molecule has 4 rings (SSSR count). The van der Waals surface area contributed by atoms with E-state index in [2.05, 4.69) is 10.4 Å². The Labute approximate surface area is 164 Å².